The number of rotatable bonds is 12. The highest BCUT2D eigenvalue weighted by Gasteiger charge is 2.33. The van der Waals surface area contributed by atoms with E-state index in [1.165, 1.54) is 31.2 Å². The summed E-state index contributed by atoms with van der Waals surface area (Å²) in [5.41, 5.74) is 3.31. The molecule has 1 saturated carbocycles. The molecule has 1 heterocycles. The van der Waals surface area contributed by atoms with Gasteiger partial charge in [0.25, 0.3) is 5.24 Å². The summed E-state index contributed by atoms with van der Waals surface area (Å²) in [6, 6.07) is 21.9. The zero-order valence-corrected chi connectivity index (χ0v) is 23.1. The quantitative estimate of drug-likeness (QED) is 0.233. The van der Waals surface area contributed by atoms with Crippen LogP contribution in [0.25, 0.3) is 0 Å². The molecule has 1 unspecified atom stereocenters. The van der Waals surface area contributed by atoms with Crippen molar-refractivity contribution in [3.63, 3.8) is 0 Å². The largest absolute Gasteiger partial charge is 0.493 e. The van der Waals surface area contributed by atoms with E-state index in [0.717, 1.165) is 53.0 Å². The maximum Gasteiger partial charge on any atom is 0.286 e. The summed E-state index contributed by atoms with van der Waals surface area (Å²) in [6.45, 7) is 3.16. The molecular formula is C32H35NO5S. The second-order valence-corrected chi connectivity index (χ2v) is 11.1. The van der Waals surface area contributed by atoms with E-state index >= 15 is 0 Å². The number of benzene rings is 3. The first-order valence-electron chi connectivity index (χ1n) is 13.9. The van der Waals surface area contributed by atoms with Gasteiger partial charge in [-0.05, 0) is 96.1 Å². The van der Waals surface area contributed by atoms with Gasteiger partial charge < -0.3 is 14.2 Å². The number of nitrogens with one attached hydrogen (secondary N) is 1. The lowest BCUT2D eigenvalue weighted by atomic mass is 9.98. The fraction of sp³-hybridized carbons (Fsp3) is 0.375. The maximum absolute atomic E-state index is 12.0. The van der Waals surface area contributed by atoms with Crippen molar-refractivity contribution >= 4 is 22.9 Å². The Morgan fingerprint density at radius 2 is 1.62 bits per heavy atom. The molecule has 1 aliphatic heterocycles. The SMILES string of the molecule is CCCc1cc(Oc2ccc(C3CCCC3)cc2)ccc1OCCCOc1cccc(C2SC(=O)NC2=O)c1. The van der Waals surface area contributed by atoms with Crippen LogP contribution in [0.15, 0.2) is 66.7 Å². The molecule has 204 valence electrons. The molecule has 1 atom stereocenters. The Bertz CT molecular complexity index is 1290. The number of carbonyl (C=O) groups excluding carboxylic acids is 2. The predicted molar refractivity (Wildman–Crippen MR) is 154 cm³/mol. The van der Waals surface area contributed by atoms with Crippen molar-refractivity contribution in [2.24, 2.45) is 0 Å². The number of hydrogen-bond donors (Lipinski definition) is 1. The van der Waals surface area contributed by atoms with Crippen LogP contribution >= 0.6 is 11.8 Å². The van der Waals surface area contributed by atoms with E-state index in [9.17, 15) is 9.59 Å². The lowest BCUT2D eigenvalue weighted by molar-refractivity contribution is -0.119. The van der Waals surface area contributed by atoms with E-state index in [1.807, 2.05) is 36.4 Å². The lowest BCUT2D eigenvalue weighted by Crippen LogP contribution is -2.20. The first-order valence-corrected chi connectivity index (χ1v) is 14.7. The number of carbonyl (C=O) groups is 2. The topological polar surface area (TPSA) is 73.9 Å². The summed E-state index contributed by atoms with van der Waals surface area (Å²) < 4.78 is 18.2. The Morgan fingerprint density at radius 3 is 2.36 bits per heavy atom. The minimum Gasteiger partial charge on any atom is -0.493 e. The van der Waals surface area contributed by atoms with E-state index in [-0.39, 0.29) is 11.1 Å². The van der Waals surface area contributed by atoms with Crippen LogP contribution in [0.5, 0.6) is 23.0 Å². The smallest absolute Gasteiger partial charge is 0.286 e. The van der Waals surface area contributed by atoms with E-state index in [1.54, 1.807) is 0 Å². The zero-order chi connectivity index (χ0) is 27.0. The van der Waals surface area contributed by atoms with Gasteiger partial charge in [0.1, 0.15) is 28.2 Å². The van der Waals surface area contributed by atoms with Crippen molar-refractivity contribution in [1.29, 1.82) is 0 Å². The van der Waals surface area contributed by atoms with Crippen LogP contribution in [0.3, 0.4) is 0 Å². The summed E-state index contributed by atoms with van der Waals surface area (Å²) in [6.07, 6.45) is 7.89. The van der Waals surface area contributed by atoms with Gasteiger partial charge in [0, 0.05) is 6.42 Å². The maximum atomic E-state index is 12.0. The van der Waals surface area contributed by atoms with Crippen LogP contribution in [0.4, 0.5) is 4.79 Å². The highest BCUT2D eigenvalue weighted by Crippen LogP contribution is 2.36. The summed E-state index contributed by atoms with van der Waals surface area (Å²) in [5, 5.41) is 1.48. The molecule has 2 aliphatic rings. The van der Waals surface area contributed by atoms with Gasteiger partial charge >= 0.3 is 0 Å². The number of ether oxygens (including phenoxy) is 3. The van der Waals surface area contributed by atoms with E-state index in [2.05, 4.69) is 42.6 Å². The first-order chi connectivity index (χ1) is 19.1. The number of hydrogen-bond acceptors (Lipinski definition) is 6. The number of thioether (sulfide) groups is 1. The van der Waals surface area contributed by atoms with E-state index in [0.29, 0.717) is 31.3 Å². The summed E-state index contributed by atoms with van der Waals surface area (Å²) in [4.78, 5) is 23.4. The van der Waals surface area contributed by atoms with Crippen LogP contribution < -0.4 is 19.5 Å². The first kappa shape index (κ1) is 27.1. The molecule has 0 radical (unpaired) electrons. The molecule has 5 rings (SSSR count). The second kappa shape index (κ2) is 13.1. The highest BCUT2D eigenvalue weighted by atomic mass is 32.2. The normalized spacial score (nSPS) is 17.3. The van der Waals surface area contributed by atoms with Gasteiger partial charge in [-0.15, -0.1) is 0 Å². The molecular weight excluding hydrogens is 510 g/mol. The van der Waals surface area contributed by atoms with Gasteiger partial charge in [0.05, 0.1) is 13.2 Å². The Balaban J connectivity index is 1.11. The van der Waals surface area contributed by atoms with Crippen LogP contribution in [0.1, 0.15) is 73.3 Å². The van der Waals surface area contributed by atoms with Crippen molar-refractivity contribution < 1.29 is 23.8 Å². The van der Waals surface area contributed by atoms with Gasteiger partial charge in [0.2, 0.25) is 5.91 Å². The van der Waals surface area contributed by atoms with E-state index < -0.39 is 5.25 Å². The third-order valence-corrected chi connectivity index (χ3v) is 8.20. The lowest BCUT2D eigenvalue weighted by Gasteiger charge is -2.15. The molecule has 6 nitrogen and oxygen atoms in total. The van der Waals surface area contributed by atoms with Crippen molar-refractivity contribution in [3.8, 4) is 23.0 Å². The predicted octanol–water partition coefficient (Wildman–Crippen LogP) is 7.96. The van der Waals surface area contributed by atoms with Gasteiger partial charge in [-0.25, -0.2) is 0 Å². The average molecular weight is 546 g/mol. The van der Waals surface area contributed by atoms with Crippen molar-refractivity contribution in [2.45, 2.75) is 63.0 Å². The average Bonchev–Trinajstić information content (AvgIpc) is 3.60. The molecule has 2 amide bonds. The highest BCUT2D eigenvalue weighted by molar-refractivity contribution is 8.15. The Kier molecular flexibility index (Phi) is 9.09. The van der Waals surface area contributed by atoms with Crippen LogP contribution in [-0.4, -0.2) is 24.4 Å². The standard InChI is InChI=1S/C32H35NO5S/c1-2-7-24-20-28(38-26-14-12-23(13-15-26)22-8-3-4-9-22)16-17-29(24)37-19-6-18-36-27-11-5-10-25(21-27)30-31(34)33-32(35)39-30/h5,10-17,20-22,30H,2-4,6-9,18-19H2,1H3,(H,33,34,35). The van der Waals surface area contributed by atoms with Gasteiger partial charge in [0.15, 0.2) is 0 Å². The van der Waals surface area contributed by atoms with Crippen LogP contribution in [0.2, 0.25) is 0 Å². The molecule has 39 heavy (non-hydrogen) atoms. The molecule has 7 heteroatoms. The number of amides is 2. The molecule has 3 aromatic rings. The summed E-state index contributed by atoms with van der Waals surface area (Å²) >= 11 is 0.993. The minimum absolute atomic E-state index is 0.285. The van der Waals surface area contributed by atoms with Crippen LogP contribution in [-0.2, 0) is 11.2 Å². The molecule has 1 N–H and O–H groups in total. The van der Waals surface area contributed by atoms with Crippen molar-refractivity contribution in [2.75, 3.05) is 13.2 Å². The summed E-state index contributed by atoms with van der Waals surface area (Å²) in [7, 11) is 0. The van der Waals surface area contributed by atoms with Gasteiger partial charge in [-0.3, -0.25) is 14.9 Å². The summed E-state index contributed by atoms with van der Waals surface area (Å²) in [5.74, 6) is 3.63. The molecule has 3 aromatic carbocycles. The fourth-order valence-corrected chi connectivity index (χ4v) is 6.02. The number of aryl methyl sites for hydroxylation is 1. The fourth-order valence-electron chi connectivity index (χ4n) is 5.20. The minimum atomic E-state index is -0.524. The Hall–Kier alpha value is -3.45. The molecule has 0 spiro atoms. The zero-order valence-electron chi connectivity index (χ0n) is 22.3. The third-order valence-electron chi connectivity index (χ3n) is 7.16. The van der Waals surface area contributed by atoms with E-state index in [4.69, 9.17) is 14.2 Å². The van der Waals surface area contributed by atoms with Gasteiger partial charge in [-0.2, -0.15) is 0 Å². The molecule has 0 bridgehead atoms. The van der Waals surface area contributed by atoms with Crippen LogP contribution in [0, 0.1) is 0 Å². The monoisotopic (exact) mass is 545 g/mol. The Labute approximate surface area is 234 Å². The molecule has 1 saturated heterocycles. The number of imide groups is 1. The van der Waals surface area contributed by atoms with Crippen molar-refractivity contribution in [3.05, 3.63) is 83.4 Å². The Morgan fingerprint density at radius 1 is 0.846 bits per heavy atom. The molecule has 0 aromatic heterocycles. The second-order valence-electron chi connectivity index (χ2n) is 10.1. The third kappa shape index (κ3) is 7.15. The van der Waals surface area contributed by atoms with Crippen molar-refractivity contribution in [1.82, 2.24) is 5.32 Å². The molecule has 2 fully saturated rings. The molecule has 1 aliphatic carbocycles. The van der Waals surface area contributed by atoms with Gasteiger partial charge in [-0.1, -0.05) is 50.5 Å².